The van der Waals surface area contributed by atoms with Gasteiger partial charge in [-0.2, -0.15) is 10.4 Å². The van der Waals surface area contributed by atoms with Gasteiger partial charge in [0.1, 0.15) is 17.4 Å². The zero-order valence-electron chi connectivity index (χ0n) is 15.6. The summed E-state index contributed by atoms with van der Waals surface area (Å²) >= 11 is 6.21. The molecular weight excluding hydrogens is 390 g/mol. The number of hydrogen-bond acceptors (Lipinski definition) is 6. The van der Waals surface area contributed by atoms with Gasteiger partial charge in [0.05, 0.1) is 23.5 Å². The van der Waals surface area contributed by atoms with Gasteiger partial charge in [-0.25, -0.2) is 10.4 Å². The van der Waals surface area contributed by atoms with Crippen molar-refractivity contribution in [2.75, 3.05) is 12.0 Å². The van der Waals surface area contributed by atoms with E-state index in [4.69, 9.17) is 16.3 Å². The highest BCUT2D eigenvalue weighted by Gasteiger charge is 2.12. The van der Waals surface area contributed by atoms with Gasteiger partial charge in [0.15, 0.2) is 0 Å². The van der Waals surface area contributed by atoms with Crippen LogP contribution in [-0.4, -0.2) is 22.8 Å². The number of nitrogens with one attached hydrogen (secondary N) is 2. The van der Waals surface area contributed by atoms with Crippen LogP contribution in [0.5, 0.6) is 5.75 Å². The highest BCUT2D eigenvalue weighted by Crippen LogP contribution is 2.25. The van der Waals surface area contributed by atoms with Gasteiger partial charge < -0.3 is 4.74 Å². The molecule has 0 saturated carbocycles. The third-order valence-electron chi connectivity index (χ3n) is 3.88. The second-order valence-electron chi connectivity index (χ2n) is 6.02. The van der Waals surface area contributed by atoms with Gasteiger partial charge in [0.25, 0.3) is 5.56 Å². The number of halogens is 1. The van der Waals surface area contributed by atoms with Gasteiger partial charge in [-0.15, -0.1) is 0 Å². The summed E-state index contributed by atoms with van der Waals surface area (Å²) in [5.41, 5.74) is 3.78. The molecule has 0 aliphatic carbocycles. The number of H-pyrrole nitrogens is 1. The maximum Gasteiger partial charge on any atom is 0.270 e. The molecule has 8 heteroatoms. The van der Waals surface area contributed by atoms with Crippen LogP contribution >= 0.6 is 11.6 Å². The Balaban J connectivity index is 1.81. The number of ether oxygens (including phenoxy) is 1. The van der Waals surface area contributed by atoms with Crippen LogP contribution in [-0.2, 0) is 0 Å². The van der Waals surface area contributed by atoms with E-state index in [0.29, 0.717) is 22.9 Å². The normalized spacial score (nSPS) is 10.7. The quantitative estimate of drug-likeness (QED) is 0.451. The van der Waals surface area contributed by atoms with Crippen LogP contribution in [0.3, 0.4) is 0 Å². The molecule has 2 aromatic carbocycles. The van der Waals surface area contributed by atoms with Gasteiger partial charge in [-0.3, -0.25) is 9.78 Å². The molecule has 0 aliphatic rings. The fraction of sp³-hybridized carbons (Fsp3) is 0.143. The fourth-order valence-electron chi connectivity index (χ4n) is 2.53. The van der Waals surface area contributed by atoms with E-state index in [1.54, 1.807) is 24.3 Å². The maximum atomic E-state index is 12.2. The van der Waals surface area contributed by atoms with Crippen molar-refractivity contribution in [2.45, 2.75) is 13.3 Å². The van der Waals surface area contributed by atoms with Crippen molar-refractivity contribution < 1.29 is 4.74 Å². The molecule has 0 fully saturated rings. The standard InChI is InChI=1S/C21H18ClN5O2/c1-2-10-29-18-9-8-14(11-17(18)22)13-24-27-21-25-19(15-6-4-3-5-7-15)16(12-23)20(28)26-21/h3-9,11,13H,2,10H2,1H3,(H2,25,26,27,28). The molecule has 0 bridgehead atoms. The minimum Gasteiger partial charge on any atom is -0.492 e. The summed E-state index contributed by atoms with van der Waals surface area (Å²) in [6, 6.07) is 16.2. The molecule has 1 heterocycles. The highest BCUT2D eigenvalue weighted by atomic mass is 35.5. The fourth-order valence-corrected chi connectivity index (χ4v) is 2.77. The summed E-state index contributed by atoms with van der Waals surface area (Å²) < 4.78 is 5.54. The van der Waals surface area contributed by atoms with E-state index in [9.17, 15) is 10.1 Å². The molecule has 1 aromatic heterocycles. The van der Waals surface area contributed by atoms with Crippen molar-refractivity contribution in [3.63, 3.8) is 0 Å². The summed E-state index contributed by atoms with van der Waals surface area (Å²) in [6.07, 6.45) is 2.43. The van der Waals surface area contributed by atoms with Gasteiger partial charge in [-0.1, -0.05) is 48.9 Å². The molecule has 2 N–H and O–H groups in total. The molecule has 0 amide bonds. The summed E-state index contributed by atoms with van der Waals surface area (Å²) in [5, 5.41) is 13.9. The summed E-state index contributed by atoms with van der Waals surface area (Å²) in [6.45, 7) is 2.61. The van der Waals surface area contributed by atoms with Crippen LogP contribution < -0.4 is 15.7 Å². The van der Waals surface area contributed by atoms with Crippen molar-refractivity contribution in [1.29, 1.82) is 5.26 Å². The lowest BCUT2D eigenvalue weighted by Crippen LogP contribution is -2.16. The number of anilines is 1. The molecule has 29 heavy (non-hydrogen) atoms. The zero-order valence-corrected chi connectivity index (χ0v) is 16.4. The van der Waals surface area contributed by atoms with E-state index in [1.165, 1.54) is 6.21 Å². The Kier molecular flexibility index (Phi) is 6.61. The summed E-state index contributed by atoms with van der Waals surface area (Å²) in [7, 11) is 0. The molecule has 0 saturated heterocycles. The first kappa shape index (κ1) is 20.1. The summed E-state index contributed by atoms with van der Waals surface area (Å²) in [4.78, 5) is 19.1. The number of rotatable bonds is 7. The lowest BCUT2D eigenvalue weighted by molar-refractivity contribution is 0.317. The Bertz CT molecular complexity index is 1120. The van der Waals surface area contributed by atoms with Crippen LogP contribution in [0.15, 0.2) is 58.4 Å². The van der Waals surface area contributed by atoms with E-state index in [2.05, 4.69) is 20.5 Å². The molecule has 146 valence electrons. The van der Waals surface area contributed by atoms with E-state index in [-0.39, 0.29) is 17.2 Å². The number of hydrogen-bond donors (Lipinski definition) is 2. The van der Waals surface area contributed by atoms with Crippen molar-refractivity contribution >= 4 is 23.8 Å². The highest BCUT2D eigenvalue weighted by molar-refractivity contribution is 6.32. The van der Waals surface area contributed by atoms with Crippen molar-refractivity contribution in [1.82, 2.24) is 9.97 Å². The topological polar surface area (TPSA) is 103 Å². The minimum atomic E-state index is -0.542. The average Bonchev–Trinajstić information content (AvgIpc) is 2.73. The number of benzene rings is 2. The zero-order chi connectivity index (χ0) is 20.6. The van der Waals surface area contributed by atoms with Crippen LogP contribution in [0, 0.1) is 11.3 Å². The monoisotopic (exact) mass is 407 g/mol. The Hall–Kier alpha value is -3.63. The van der Waals surface area contributed by atoms with Gasteiger partial charge in [0, 0.05) is 5.56 Å². The van der Waals surface area contributed by atoms with E-state index >= 15 is 0 Å². The smallest absolute Gasteiger partial charge is 0.270 e. The third kappa shape index (κ3) is 5.00. The third-order valence-corrected chi connectivity index (χ3v) is 4.18. The molecule has 0 unspecified atom stereocenters. The molecule has 0 aliphatic heterocycles. The largest absolute Gasteiger partial charge is 0.492 e. The number of aromatic amines is 1. The minimum absolute atomic E-state index is 0.0554. The van der Waals surface area contributed by atoms with Crippen LogP contribution in [0.1, 0.15) is 24.5 Å². The second kappa shape index (κ2) is 9.53. The lowest BCUT2D eigenvalue weighted by atomic mass is 10.1. The molecule has 0 spiro atoms. The number of aromatic nitrogens is 2. The van der Waals surface area contributed by atoms with Crippen molar-refractivity contribution in [2.24, 2.45) is 5.10 Å². The van der Waals surface area contributed by atoms with Gasteiger partial charge in [0.2, 0.25) is 5.95 Å². The van der Waals surface area contributed by atoms with Gasteiger partial charge >= 0.3 is 0 Å². The Morgan fingerprint density at radius 2 is 2.10 bits per heavy atom. The van der Waals surface area contributed by atoms with Crippen LogP contribution in [0.4, 0.5) is 5.95 Å². The molecular formula is C21H18ClN5O2. The average molecular weight is 408 g/mol. The summed E-state index contributed by atoms with van der Waals surface area (Å²) in [5.74, 6) is 0.738. The maximum absolute atomic E-state index is 12.2. The molecule has 0 atom stereocenters. The number of nitriles is 1. The first-order chi connectivity index (χ1) is 14.1. The second-order valence-corrected chi connectivity index (χ2v) is 6.43. The first-order valence-electron chi connectivity index (χ1n) is 8.93. The number of nitrogens with zero attached hydrogens (tertiary/aromatic N) is 3. The molecule has 3 rings (SSSR count). The molecule has 3 aromatic rings. The van der Waals surface area contributed by atoms with Gasteiger partial charge in [-0.05, 0) is 30.2 Å². The first-order valence-corrected chi connectivity index (χ1v) is 9.31. The van der Waals surface area contributed by atoms with E-state index in [0.717, 1.165) is 12.0 Å². The predicted molar refractivity (Wildman–Crippen MR) is 113 cm³/mol. The molecule has 0 radical (unpaired) electrons. The van der Waals surface area contributed by atoms with Crippen molar-refractivity contribution in [3.05, 3.63) is 75.0 Å². The van der Waals surface area contributed by atoms with E-state index < -0.39 is 5.56 Å². The SMILES string of the molecule is CCCOc1ccc(C=NNc2nc(-c3ccccc3)c(C#N)c(=O)[nH]2)cc1Cl. The van der Waals surface area contributed by atoms with Crippen LogP contribution in [0.2, 0.25) is 5.02 Å². The predicted octanol–water partition coefficient (Wildman–Crippen LogP) is 4.20. The Morgan fingerprint density at radius 1 is 1.31 bits per heavy atom. The lowest BCUT2D eigenvalue weighted by Gasteiger charge is -2.07. The molecule has 7 nitrogen and oxygen atoms in total. The Morgan fingerprint density at radius 3 is 2.79 bits per heavy atom. The van der Waals surface area contributed by atoms with E-state index in [1.807, 2.05) is 37.3 Å². The Labute approximate surface area is 172 Å². The van der Waals surface area contributed by atoms with Crippen molar-refractivity contribution in [3.8, 4) is 23.1 Å². The van der Waals surface area contributed by atoms with Crippen LogP contribution in [0.25, 0.3) is 11.3 Å². The number of hydrazone groups is 1.